The third-order valence-electron chi connectivity index (χ3n) is 7.97. The van der Waals surface area contributed by atoms with E-state index >= 15 is 0 Å². The standard InChI is InChI=1S/C39H48N2O6/c1-4-6-21-34(26-30-17-10-7-11-18-30)39(45)47-37(32-22-14-9-15-23-32)35(29-46-3)40-38(44)33(16-5-2)27-36(43)41(24-25-42)28-31-19-12-8-13-20-31/h4-5,7-15,17-20,22-23,33-35,37,42H,1-2,6,16,21,24-29H2,3H3,(H,40,44)/t33-,34+,35-,37-/m0/s1. The monoisotopic (exact) mass is 640 g/mol. The van der Waals surface area contributed by atoms with Gasteiger partial charge in [-0.25, -0.2) is 0 Å². The molecule has 3 aromatic rings. The van der Waals surface area contributed by atoms with Crippen LogP contribution in [0.25, 0.3) is 0 Å². The Labute approximate surface area is 279 Å². The van der Waals surface area contributed by atoms with Crippen LogP contribution in [0.4, 0.5) is 0 Å². The predicted octanol–water partition coefficient (Wildman–Crippen LogP) is 5.83. The van der Waals surface area contributed by atoms with Gasteiger partial charge in [-0.1, -0.05) is 103 Å². The van der Waals surface area contributed by atoms with E-state index in [2.05, 4.69) is 18.5 Å². The molecule has 0 saturated heterocycles. The minimum Gasteiger partial charge on any atom is -0.455 e. The number of esters is 1. The highest BCUT2D eigenvalue weighted by Gasteiger charge is 2.33. The second-order valence-corrected chi connectivity index (χ2v) is 11.5. The van der Waals surface area contributed by atoms with Gasteiger partial charge in [0.05, 0.1) is 31.1 Å². The number of rotatable bonds is 21. The van der Waals surface area contributed by atoms with E-state index in [1.807, 2.05) is 91.0 Å². The minimum absolute atomic E-state index is 0.0635. The molecule has 3 rings (SSSR count). The number of allylic oxidation sites excluding steroid dienone is 2. The molecule has 0 aliphatic heterocycles. The summed E-state index contributed by atoms with van der Waals surface area (Å²) in [5.41, 5.74) is 2.65. The molecule has 8 heteroatoms. The van der Waals surface area contributed by atoms with E-state index in [0.29, 0.717) is 31.4 Å². The zero-order valence-corrected chi connectivity index (χ0v) is 27.3. The number of carbonyl (C=O) groups is 3. The molecule has 2 amide bonds. The first kappa shape index (κ1) is 36.9. The van der Waals surface area contributed by atoms with Crippen molar-refractivity contribution in [3.05, 3.63) is 133 Å². The van der Waals surface area contributed by atoms with Crippen LogP contribution in [-0.4, -0.2) is 60.7 Å². The normalized spacial score (nSPS) is 13.4. The third kappa shape index (κ3) is 12.3. The molecule has 0 aliphatic carbocycles. The lowest BCUT2D eigenvalue weighted by atomic mass is 9.94. The number of hydrogen-bond donors (Lipinski definition) is 2. The molecule has 0 unspecified atom stereocenters. The Morgan fingerprint density at radius 2 is 1.49 bits per heavy atom. The first-order valence-corrected chi connectivity index (χ1v) is 16.1. The Hall–Kier alpha value is -4.53. The average Bonchev–Trinajstić information content (AvgIpc) is 3.09. The van der Waals surface area contributed by atoms with E-state index in [1.54, 1.807) is 17.1 Å². The first-order valence-electron chi connectivity index (χ1n) is 16.1. The Morgan fingerprint density at radius 3 is 2.06 bits per heavy atom. The summed E-state index contributed by atoms with van der Waals surface area (Å²) in [7, 11) is 1.52. The second kappa shape index (κ2) is 20.6. The van der Waals surface area contributed by atoms with Gasteiger partial charge in [0.25, 0.3) is 0 Å². The minimum atomic E-state index is -0.848. The average molecular weight is 641 g/mol. The van der Waals surface area contributed by atoms with Crippen LogP contribution in [0.1, 0.15) is 48.5 Å². The number of ether oxygens (including phenoxy) is 2. The van der Waals surface area contributed by atoms with Gasteiger partial charge in [0.2, 0.25) is 11.8 Å². The number of benzene rings is 3. The summed E-state index contributed by atoms with van der Waals surface area (Å²) in [6.07, 6.45) is 4.45. The van der Waals surface area contributed by atoms with Crippen molar-refractivity contribution in [2.45, 2.75) is 50.8 Å². The number of nitrogens with zero attached hydrogens (tertiary/aromatic N) is 1. The van der Waals surface area contributed by atoms with Gasteiger partial charge in [-0.2, -0.15) is 0 Å². The van der Waals surface area contributed by atoms with Crippen LogP contribution >= 0.6 is 0 Å². The summed E-state index contributed by atoms with van der Waals surface area (Å²) < 4.78 is 11.8. The summed E-state index contributed by atoms with van der Waals surface area (Å²) in [5, 5.41) is 12.7. The number of nitrogens with one attached hydrogen (secondary N) is 1. The van der Waals surface area contributed by atoms with Crippen molar-refractivity contribution < 1.29 is 29.0 Å². The number of methoxy groups -OCH3 is 1. The van der Waals surface area contributed by atoms with Crippen LogP contribution < -0.4 is 5.32 Å². The zero-order chi connectivity index (χ0) is 33.9. The van der Waals surface area contributed by atoms with Crippen LogP contribution in [-0.2, 0) is 36.8 Å². The Balaban J connectivity index is 1.83. The topological polar surface area (TPSA) is 105 Å². The maximum Gasteiger partial charge on any atom is 0.309 e. The van der Waals surface area contributed by atoms with Gasteiger partial charge in [0.1, 0.15) is 6.10 Å². The molecule has 0 aliphatic rings. The smallest absolute Gasteiger partial charge is 0.309 e. The highest BCUT2D eigenvalue weighted by atomic mass is 16.5. The fourth-order valence-electron chi connectivity index (χ4n) is 5.49. The van der Waals surface area contributed by atoms with Crippen LogP contribution in [0.3, 0.4) is 0 Å². The zero-order valence-electron chi connectivity index (χ0n) is 27.3. The fourth-order valence-corrected chi connectivity index (χ4v) is 5.49. The SMILES string of the molecule is C=CCC[C@H](Cc1ccccc1)C(=O)O[C@@H](c1ccccc1)[C@H](COC)NC(=O)[C@@H](CC=C)CC(=O)N(CCO)Cc1ccccc1. The van der Waals surface area contributed by atoms with Crippen molar-refractivity contribution in [3.63, 3.8) is 0 Å². The Morgan fingerprint density at radius 1 is 0.872 bits per heavy atom. The van der Waals surface area contributed by atoms with Gasteiger partial charge in [0.15, 0.2) is 0 Å². The lowest BCUT2D eigenvalue weighted by Crippen LogP contribution is -2.47. The molecule has 250 valence electrons. The number of aliphatic hydroxyl groups excluding tert-OH is 1. The molecule has 0 bridgehead atoms. The van der Waals surface area contributed by atoms with Crippen molar-refractivity contribution in [1.82, 2.24) is 10.2 Å². The van der Waals surface area contributed by atoms with Crippen molar-refractivity contribution in [1.29, 1.82) is 0 Å². The molecule has 2 N–H and O–H groups in total. The highest BCUT2D eigenvalue weighted by molar-refractivity contribution is 5.86. The lowest BCUT2D eigenvalue weighted by molar-refractivity contribution is -0.158. The molecule has 0 fully saturated rings. The maximum atomic E-state index is 13.8. The largest absolute Gasteiger partial charge is 0.455 e. The van der Waals surface area contributed by atoms with Crippen molar-refractivity contribution in [2.24, 2.45) is 11.8 Å². The molecule has 0 heterocycles. The van der Waals surface area contributed by atoms with E-state index in [0.717, 1.165) is 11.1 Å². The molecule has 47 heavy (non-hydrogen) atoms. The van der Waals surface area contributed by atoms with Crippen LogP contribution in [0.15, 0.2) is 116 Å². The number of hydrogen-bond acceptors (Lipinski definition) is 6. The molecular weight excluding hydrogens is 592 g/mol. The molecule has 4 atom stereocenters. The molecule has 0 radical (unpaired) electrons. The molecule has 0 aromatic heterocycles. The summed E-state index contributed by atoms with van der Waals surface area (Å²) in [6.45, 7) is 7.96. The molecule has 0 saturated carbocycles. The van der Waals surface area contributed by atoms with Gasteiger partial charge >= 0.3 is 5.97 Å². The molecule has 0 spiro atoms. The van der Waals surface area contributed by atoms with E-state index in [-0.39, 0.29) is 50.4 Å². The van der Waals surface area contributed by atoms with Crippen molar-refractivity contribution >= 4 is 17.8 Å². The highest BCUT2D eigenvalue weighted by Crippen LogP contribution is 2.27. The van der Waals surface area contributed by atoms with Crippen molar-refractivity contribution in [3.8, 4) is 0 Å². The Kier molecular flexibility index (Phi) is 16.2. The number of amides is 2. The van der Waals surface area contributed by atoms with Gasteiger partial charge in [0, 0.05) is 26.6 Å². The third-order valence-corrected chi connectivity index (χ3v) is 7.97. The van der Waals surface area contributed by atoms with Crippen LogP contribution in [0.5, 0.6) is 0 Å². The maximum absolute atomic E-state index is 13.8. The van der Waals surface area contributed by atoms with E-state index in [4.69, 9.17) is 9.47 Å². The fraction of sp³-hybridized carbons (Fsp3) is 0.359. The van der Waals surface area contributed by atoms with E-state index < -0.39 is 24.0 Å². The number of carbonyl (C=O) groups excluding carboxylic acids is 3. The first-order chi connectivity index (χ1) is 22.9. The van der Waals surface area contributed by atoms with E-state index in [1.165, 1.54) is 7.11 Å². The summed E-state index contributed by atoms with van der Waals surface area (Å²) in [5.74, 6) is -2.17. The summed E-state index contributed by atoms with van der Waals surface area (Å²) in [6, 6.07) is 27.8. The van der Waals surface area contributed by atoms with E-state index in [9.17, 15) is 19.5 Å². The van der Waals surface area contributed by atoms with Gasteiger partial charge in [-0.05, 0) is 42.4 Å². The predicted molar refractivity (Wildman–Crippen MR) is 184 cm³/mol. The lowest BCUT2D eigenvalue weighted by Gasteiger charge is -2.31. The van der Waals surface area contributed by atoms with Gasteiger partial charge < -0.3 is 24.8 Å². The van der Waals surface area contributed by atoms with Crippen molar-refractivity contribution in [2.75, 3.05) is 26.9 Å². The van der Waals surface area contributed by atoms with Crippen LogP contribution in [0.2, 0.25) is 0 Å². The second-order valence-electron chi connectivity index (χ2n) is 11.5. The van der Waals surface area contributed by atoms with Crippen LogP contribution in [0, 0.1) is 11.8 Å². The quantitative estimate of drug-likeness (QED) is 0.112. The molecule has 3 aromatic carbocycles. The molecular formula is C39H48N2O6. The summed E-state index contributed by atoms with van der Waals surface area (Å²) in [4.78, 5) is 42.7. The Bertz CT molecular complexity index is 1380. The van der Waals surface area contributed by atoms with Gasteiger partial charge in [-0.3, -0.25) is 14.4 Å². The number of aliphatic hydroxyl groups is 1. The summed E-state index contributed by atoms with van der Waals surface area (Å²) >= 11 is 0. The van der Waals surface area contributed by atoms with Gasteiger partial charge in [-0.15, -0.1) is 13.2 Å². The molecule has 8 nitrogen and oxygen atoms in total.